The second-order valence-electron chi connectivity index (χ2n) is 5.74. The molecule has 27 heavy (non-hydrogen) atoms. The number of benzene rings is 1. The van der Waals surface area contributed by atoms with Gasteiger partial charge in [-0.3, -0.25) is 10.1 Å². The van der Waals surface area contributed by atoms with Crippen molar-refractivity contribution in [1.82, 2.24) is 20.6 Å². The Morgan fingerprint density at radius 2 is 1.89 bits per heavy atom. The van der Waals surface area contributed by atoms with Crippen LogP contribution in [0.1, 0.15) is 30.3 Å². The summed E-state index contributed by atoms with van der Waals surface area (Å²) in [5, 5.41) is 7.64. The molecule has 1 heterocycles. The Kier molecular flexibility index (Phi) is 7.03. The van der Waals surface area contributed by atoms with Gasteiger partial charge in [0.1, 0.15) is 5.75 Å². The first-order valence-corrected chi connectivity index (χ1v) is 8.20. The third-order valence-corrected chi connectivity index (χ3v) is 3.66. The lowest BCUT2D eigenvalue weighted by molar-refractivity contribution is -0.120. The number of nitrogens with two attached hydrogens (primary N) is 2. The zero-order valence-corrected chi connectivity index (χ0v) is 15.1. The lowest BCUT2D eigenvalue weighted by Gasteiger charge is -2.15. The molecule has 10 heteroatoms. The van der Waals surface area contributed by atoms with Crippen molar-refractivity contribution in [2.75, 3.05) is 19.0 Å². The number of hydrogen-bond donors (Lipinski definition) is 5. The molecule has 0 fully saturated rings. The van der Waals surface area contributed by atoms with E-state index in [2.05, 4.69) is 25.9 Å². The number of amides is 3. The molecular weight excluding hydrogens is 350 g/mol. The van der Waals surface area contributed by atoms with E-state index >= 15 is 0 Å². The lowest BCUT2D eigenvalue weighted by Crippen LogP contribution is -2.40. The van der Waals surface area contributed by atoms with Crippen molar-refractivity contribution in [2.24, 2.45) is 11.5 Å². The van der Waals surface area contributed by atoms with Crippen molar-refractivity contribution in [3.05, 3.63) is 47.8 Å². The highest BCUT2D eigenvalue weighted by molar-refractivity contribution is 5.90. The van der Waals surface area contributed by atoms with Crippen molar-refractivity contribution in [3.63, 3.8) is 0 Å². The van der Waals surface area contributed by atoms with Crippen LogP contribution in [-0.4, -0.2) is 35.6 Å². The normalized spacial score (nSPS) is 11.6. The van der Waals surface area contributed by atoms with Crippen molar-refractivity contribution in [1.29, 1.82) is 0 Å². The predicted octanol–water partition coefficient (Wildman–Crippen LogP) is 0.400. The minimum Gasteiger partial charge on any atom is -0.497 e. The Labute approximate surface area is 156 Å². The fourth-order valence-corrected chi connectivity index (χ4v) is 2.17. The SMILES string of the molecule is COc1cccc([C@H](C)NC(=O)CNC(=O)Nc2ncc(C(N)N)cn2)c1. The van der Waals surface area contributed by atoms with Crippen LogP contribution in [0, 0.1) is 0 Å². The van der Waals surface area contributed by atoms with Crippen LogP contribution in [0.5, 0.6) is 5.75 Å². The van der Waals surface area contributed by atoms with Crippen molar-refractivity contribution in [3.8, 4) is 5.75 Å². The Morgan fingerprint density at radius 3 is 2.52 bits per heavy atom. The van der Waals surface area contributed by atoms with E-state index in [4.69, 9.17) is 16.2 Å². The van der Waals surface area contributed by atoms with Crippen LogP contribution in [0.25, 0.3) is 0 Å². The fraction of sp³-hybridized carbons (Fsp3) is 0.294. The van der Waals surface area contributed by atoms with Gasteiger partial charge in [-0.1, -0.05) is 12.1 Å². The van der Waals surface area contributed by atoms with Crippen LogP contribution >= 0.6 is 0 Å². The molecule has 0 aliphatic rings. The zero-order valence-electron chi connectivity index (χ0n) is 15.1. The number of carbonyl (C=O) groups excluding carboxylic acids is 2. The van der Waals surface area contributed by atoms with E-state index in [9.17, 15) is 9.59 Å². The quantitative estimate of drug-likeness (QED) is 0.439. The maximum Gasteiger partial charge on any atom is 0.322 e. The maximum absolute atomic E-state index is 12.0. The van der Waals surface area contributed by atoms with Crippen LogP contribution in [-0.2, 0) is 4.79 Å². The van der Waals surface area contributed by atoms with Crippen molar-refractivity contribution >= 4 is 17.9 Å². The molecule has 0 bridgehead atoms. The summed E-state index contributed by atoms with van der Waals surface area (Å²) in [4.78, 5) is 31.7. The molecule has 1 aromatic carbocycles. The number of ether oxygens (including phenoxy) is 1. The third-order valence-electron chi connectivity index (χ3n) is 3.66. The molecule has 0 spiro atoms. The minimum atomic E-state index is -0.692. The molecule has 0 saturated heterocycles. The van der Waals surface area contributed by atoms with Gasteiger partial charge in [-0.25, -0.2) is 14.8 Å². The summed E-state index contributed by atoms with van der Waals surface area (Å²) in [6.45, 7) is 1.64. The first-order chi connectivity index (χ1) is 12.9. The number of methoxy groups -OCH3 is 1. The van der Waals surface area contributed by atoms with E-state index < -0.39 is 12.2 Å². The van der Waals surface area contributed by atoms with Crippen LogP contribution in [0.15, 0.2) is 36.7 Å². The molecule has 1 aromatic heterocycles. The smallest absolute Gasteiger partial charge is 0.322 e. The van der Waals surface area contributed by atoms with Gasteiger partial charge in [-0.15, -0.1) is 0 Å². The highest BCUT2D eigenvalue weighted by atomic mass is 16.5. The minimum absolute atomic E-state index is 0.0713. The van der Waals surface area contributed by atoms with E-state index in [1.807, 2.05) is 31.2 Å². The summed E-state index contributed by atoms with van der Waals surface area (Å²) in [5.41, 5.74) is 12.4. The highest BCUT2D eigenvalue weighted by Gasteiger charge is 2.12. The van der Waals surface area contributed by atoms with Gasteiger partial charge in [-0.2, -0.15) is 0 Å². The molecule has 144 valence electrons. The van der Waals surface area contributed by atoms with Gasteiger partial charge in [0.2, 0.25) is 11.9 Å². The fourth-order valence-electron chi connectivity index (χ4n) is 2.17. The summed E-state index contributed by atoms with van der Waals surface area (Å²) < 4.78 is 5.16. The van der Waals surface area contributed by atoms with E-state index in [-0.39, 0.29) is 24.4 Å². The summed E-state index contributed by atoms with van der Waals surface area (Å²) >= 11 is 0. The molecule has 0 aliphatic heterocycles. The number of anilines is 1. The summed E-state index contributed by atoms with van der Waals surface area (Å²) in [5.74, 6) is 0.431. The molecule has 0 unspecified atom stereocenters. The van der Waals surface area contributed by atoms with Gasteiger partial charge in [0.05, 0.1) is 25.9 Å². The largest absolute Gasteiger partial charge is 0.497 e. The number of nitrogens with one attached hydrogen (secondary N) is 3. The van der Waals surface area contributed by atoms with Crippen LogP contribution < -0.4 is 32.2 Å². The van der Waals surface area contributed by atoms with E-state index in [0.29, 0.717) is 11.3 Å². The van der Waals surface area contributed by atoms with Crippen LogP contribution in [0.2, 0.25) is 0 Å². The number of rotatable bonds is 7. The Hall–Kier alpha value is -3.24. The third kappa shape index (κ3) is 6.20. The van der Waals surface area contributed by atoms with Gasteiger partial charge in [0.15, 0.2) is 0 Å². The number of hydrogen-bond acceptors (Lipinski definition) is 7. The second kappa shape index (κ2) is 9.46. The molecule has 0 aliphatic carbocycles. The van der Waals surface area contributed by atoms with Crippen LogP contribution in [0.3, 0.4) is 0 Å². The zero-order chi connectivity index (χ0) is 19.8. The highest BCUT2D eigenvalue weighted by Crippen LogP contribution is 2.18. The van der Waals surface area contributed by atoms with Gasteiger partial charge in [0.25, 0.3) is 0 Å². The number of urea groups is 1. The average Bonchev–Trinajstić information content (AvgIpc) is 2.66. The summed E-state index contributed by atoms with van der Waals surface area (Å²) in [7, 11) is 1.58. The molecule has 0 radical (unpaired) electrons. The van der Waals surface area contributed by atoms with Gasteiger partial charge < -0.3 is 26.8 Å². The molecule has 10 nitrogen and oxygen atoms in total. The van der Waals surface area contributed by atoms with E-state index in [1.165, 1.54) is 12.4 Å². The Morgan fingerprint density at radius 1 is 1.19 bits per heavy atom. The Bertz CT molecular complexity index is 780. The van der Waals surface area contributed by atoms with Crippen molar-refractivity contribution < 1.29 is 14.3 Å². The molecule has 1 atom stereocenters. The standard InChI is InChI=1S/C17H23N7O3/c1-10(11-4-3-5-13(6-11)27-2)23-14(25)9-22-17(26)24-16-20-7-12(8-21-16)15(18)19/h3-8,10,15H,9,18-19H2,1-2H3,(H,23,25)(H2,20,21,22,24,26)/t10-/m0/s1. The molecule has 3 amide bonds. The van der Waals surface area contributed by atoms with Gasteiger partial charge >= 0.3 is 6.03 Å². The molecule has 0 saturated carbocycles. The molecule has 7 N–H and O–H groups in total. The maximum atomic E-state index is 12.0. The van der Waals surface area contributed by atoms with Gasteiger partial charge in [0, 0.05) is 18.0 Å². The molecule has 2 rings (SSSR count). The predicted molar refractivity (Wildman–Crippen MR) is 99.7 cm³/mol. The summed E-state index contributed by atoms with van der Waals surface area (Å²) in [6.07, 6.45) is 2.13. The first-order valence-electron chi connectivity index (χ1n) is 8.20. The molecule has 2 aromatic rings. The molecular formula is C17H23N7O3. The lowest BCUT2D eigenvalue weighted by atomic mass is 10.1. The monoisotopic (exact) mass is 373 g/mol. The Balaban J connectivity index is 1.79. The van der Waals surface area contributed by atoms with Crippen LogP contribution in [0.4, 0.5) is 10.7 Å². The van der Waals surface area contributed by atoms with E-state index in [1.54, 1.807) is 7.11 Å². The number of aromatic nitrogens is 2. The first kappa shape index (κ1) is 20.1. The average molecular weight is 373 g/mol. The number of carbonyl (C=O) groups is 2. The topological polar surface area (TPSA) is 157 Å². The number of nitrogens with zero attached hydrogens (tertiary/aromatic N) is 2. The summed E-state index contributed by atoms with van der Waals surface area (Å²) in [6, 6.07) is 6.52. The van der Waals surface area contributed by atoms with Gasteiger partial charge in [-0.05, 0) is 24.6 Å². The van der Waals surface area contributed by atoms with E-state index in [0.717, 1.165) is 5.56 Å². The second-order valence-corrected chi connectivity index (χ2v) is 5.74. The van der Waals surface area contributed by atoms with Crippen molar-refractivity contribution in [2.45, 2.75) is 19.1 Å².